The molecule has 26 heavy (non-hydrogen) atoms. The normalized spacial score (nSPS) is 18.5. The molecule has 3 rings (SSSR count). The summed E-state index contributed by atoms with van der Waals surface area (Å²) in [7, 11) is 0. The van der Waals surface area contributed by atoms with E-state index in [4.69, 9.17) is 11.6 Å². The van der Waals surface area contributed by atoms with Crippen molar-refractivity contribution in [3.05, 3.63) is 53.0 Å². The Morgan fingerprint density at radius 3 is 2.85 bits per heavy atom. The number of nitrogens with one attached hydrogen (secondary N) is 3. The number of hydrogen-bond donors (Lipinski definition) is 3. The van der Waals surface area contributed by atoms with Gasteiger partial charge in [-0.05, 0) is 18.9 Å². The van der Waals surface area contributed by atoms with Gasteiger partial charge < -0.3 is 15.6 Å². The number of H-pyrrole nitrogens is 1. The van der Waals surface area contributed by atoms with Gasteiger partial charge in [0.25, 0.3) is 5.91 Å². The number of aromatic nitrogens is 2. The molecule has 3 N–H and O–H groups in total. The Labute approximate surface area is 157 Å². The molecule has 0 unspecified atom stereocenters. The first-order valence-electron chi connectivity index (χ1n) is 8.67. The van der Waals surface area contributed by atoms with Crippen molar-refractivity contribution >= 4 is 23.4 Å². The summed E-state index contributed by atoms with van der Waals surface area (Å²) in [6.07, 6.45) is 5.66. The smallest absolute Gasteiger partial charge is 0.251 e. The van der Waals surface area contributed by atoms with Gasteiger partial charge in [0.1, 0.15) is 16.7 Å². The number of hydrogen-bond acceptors (Lipinski definition) is 3. The molecule has 1 aliphatic heterocycles. The molecular formula is C19H21ClN4O2. The third kappa shape index (κ3) is 3.96. The van der Waals surface area contributed by atoms with Crippen LogP contribution >= 0.6 is 11.6 Å². The van der Waals surface area contributed by atoms with Crippen LogP contribution < -0.4 is 10.6 Å². The fourth-order valence-electron chi connectivity index (χ4n) is 2.85. The molecule has 2 amide bonds. The van der Waals surface area contributed by atoms with Crippen LogP contribution in [0.1, 0.15) is 48.4 Å². The van der Waals surface area contributed by atoms with Gasteiger partial charge in [0.2, 0.25) is 5.91 Å². The molecule has 7 heteroatoms. The van der Waals surface area contributed by atoms with Gasteiger partial charge in [-0.2, -0.15) is 0 Å². The number of halogens is 1. The number of carbonyl (C=O) groups is 2. The molecule has 2 bridgehead atoms. The molecule has 6 nitrogen and oxygen atoms in total. The SMILES string of the molecule is CCC(=O)N[C@H]1C/C=C/CCNC(=O)c2ccccc2-c2nc1[nH]c2Cl. The number of amides is 2. The zero-order valence-corrected chi connectivity index (χ0v) is 15.3. The van der Waals surface area contributed by atoms with Crippen LogP contribution in [0.4, 0.5) is 0 Å². The number of fused-ring (bicyclic) bond motifs is 4. The Hall–Kier alpha value is -2.60. The maximum atomic E-state index is 12.5. The lowest BCUT2D eigenvalue weighted by Gasteiger charge is -2.14. The number of benzene rings is 1. The molecule has 0 aliphatic carbocycles. The maximum absolute atomic E-state index is 12.5. The number of nitrogens with zero attached hydrogens (tertiary/aromatic N) is 1. The lowest BCUT2D eigenvalue weighted by molar-refractivity contribution is -0.121. The Morgan fingerprint density at radius 2 is 2.08 bits per heavy atom. The molecule has 1 atom stereocenters. The van der Waals surface area contributed by atoms with Gasteiger partial charge >= 0.3 is 0 Å². The maximum Gasteiger partial charge on any atom is 0.251 e. The van der Waals surface area contributed by atoms with Crippen molar-refractivity contribution in [3.63, 3.8) is 0 Å². The summed E-state index contributed by atoms with van der Waals surface area (Å²) in [6, 6.07) is 6.91. The van der Waals surface area contributed by atoms with Gasteiger partial charge in [-0.25, -0.2) is 4.98 Å². The largest absolute Gasteiger partial charge is 0.352 e. The Bertz CT molecular complexity index is 844. The van der Waals surface area contributed by atoms with Crippen LogP contribution in [0.15, 0.2) is 36.4 Å². The second-order valence-corrected chi connectivity index (χ2v) is 6.43. The summed E-state index contributed by atoms with van der Waals surface area (Å²) in [5, 5.41) is 6.22. The first kappa shape index (κ1) is 18.2. The van der Waals surface area contributed by atoms with Crippen molar-refractivity contribution in [3.8, 4) is 11.3 Å². The number of aromatic amines is 1. The minimum Gasteiger partial charge on any atom is -0.352 e. The van der Waals surface area contributed by atoms with Gasteiger partial charge in [0.15, 0.2) is 0 Å². The molecule has 2 aromatic rings. The van der Waals surface area contributed by atoms with E-state index in [9.17, 15) is 9.59 Å². The standard InChI is InChI=1S/C19H21ClN4O2/c1-2-15(25)22-14-10-4-3-7-11-21-19(26)13-9-6-5-8-12(13)16-17(20)24-18(14)23-16/h3-6,8-9,14H,2,7,10-11H2,1H3,(H,21,26)(H,22,25)(H,23,24)/b4-3+/t14-/m0/s1. The molecule has 1 aliphatic rings. The third-order valence-electron chi connectivity index (χ3n) is 4.23. The summed E-state index contributed by atoms with van der Waals surface area (Å²) < 4.78 is 0. The monoisotopic (exact) mass is 372 g/mol. The summed E-state index contributed by atoms with van der Waals surface area (Å²) in [5.74, 6) is 0.356. The minimum atomic E-state index is -0.304. The van der Waals surface area contributed by atoms with Crippen LogP contribution in [0.5, 0.6) is 0 Å². The van der Waals surface area contributed by atoms with Crippen molar-refractivity contribution in [1.82, 2.24) is 20.6 Å². The van der Waals surface area contributed by atoms with Crippen molar-refractivity contribution in [2.75, 3.05) is 6.54 Å². The van der Waals surface area contributed by atoms with E-state index in [0.717, 1.165) is 0 Å². The van der Waals surface area contributed by atoms with Gasteiger partial charge in [-0.15, -0.1) is 0 Å². The first-order valence-corrected chi connectivity index (χ1v) is 9.05. The minimum absolute atomic E-state index is 0.0565. The molecule has 0 radical (unpaired) electrons. The first-order chi connectivity index (χ1) is 12.6. The van der Waals surface area contributed by atoms with Crippen molar-refractivity contribution in [2.45, 2.75) is 32.2 Å². The zero-order chi connectivity index (χ0) is 18.5. The Morgan fingerprint density at radius 1 is 1.31 bits per heavy atom. The third-order valence-corrected chi connectivity index (χ3v) is 4.50. The number of carbonyl (C=O) groups excluding carboxylic acids is 2. The highest BCUT2D eigenvalue weighted by atomic mass is 35.5. The van der Waals surface area contributed by atoms with E-state index < -0.39 is 0 Å². The lowest BCUT2D eigenvalue weighted by Crippen LogP contribution is -2.28. The van der Waals surface area contributed by atoms with Crippen LogP contribution in [-0.2, 0) is 4.79 Å². The van der Waals surface area contributed by atoms with E-state index in [1.807, 2.05) is 30.4 Å². The van der Waals surface area contributed by atoms with Crippen LogP contribution in [0, 0.1) is 0 Å². The Balaban J connectivity index is 2.07. The van der Waals surface area contributed by atoms with Crippen molar-refractivity contribution < 1.29 is 9.59 Å². The molecule has 0 saturated carbocycles. The average Bonchev–Trinajstić information content (AvgIpc) is 3.04. The van der Waals surface area contributed by atoms with Gasteiger partial charge in [-0.1, -0.05) is 48.9 Å². The summed E-state index contributed by atoms with van der Waals surface area (Å²) in [6.45, 7) is 2.34. The summed E-state index contributed by atoms with van der Waals surface area (Å²) >= 11 is 6.38. The molecule has 0 spiro atoms. The topological polar surface area (TPSA) is 86.9 Å². The van der Waals surface area contributed by atoms with Crippen LogP contribution in [0.2, 0.25) is 5.15 Å². The lowest BCUT2D eigenvalue weighted by atomic mass is 10.0. The molecule has 1 aromatic heterocycles. The number of rotatable bonds is 2. The van der Waals surface area contributed by atoms with E-state index in [0.29, 0.717) is 53.6 Å². The Kier molecular flexibility index (Phi) is 5.73. The highest BCUT2D eigenvalue weighted by Crippen LogP contribution is 2.31. The molecule has 0 saturated heterocycles. The highest BCUT2D eigenvalue weighted by molar-refractivity contribution is 6.32. The quantitative estimate of drug-likeness (QED) is 0.706. The second-order valence-electron chi connectivity index (χ2n) is 6.06. The average molecular weight is 373 g/mol. The van der Waals surface area contributed by atoms with Crippen LogP contribution in [0.3, 0.4) is 0 Å². The highest BCUT2D eigenvalue weighted by Gasteiger charge is 2.22. The predicted molar refractivity (Wildman–Crippen MR) is 101 cm³/mol. The summed E-state index contributed by atoms with van der Waals surface area (Å²) in [5.41, 5.74) is 1.68. The molecular weight excluding hydrogens is 352 g/mol. The van der Waals surface area contributed by atoms with E-state index in [1.54, 1.807) is 13.0 Å². The zero-order valence-electron chi connectivity index (χ0n) is 14.5. The fraction of sp³-hybridized carbons (Fsp3) is 0.316. The van der Waals surface area contributed by atoms with Crippen LogP contribution in [0.25, 0.3) is 11.3 Å². The fourth-order valence-corrected chi connectivity index (χ4v) is 3.09. The summed E-state index contributed by atoms with van der Waals surface area (Å²) in [4.78, 5) is 32.1. The van der Waals surface area contributed by atoms with Crippen LogP contribution in [-0.4, -0.2) is 28.3 Å². The van der Waals surface area contributed by atoms with Gasteiger partial charge in [0.05, 0.1) is 6.04 Å². The van der Waals surface area contributed by atoms with Gasteiger partial charge in [0, 0.05) is 24.1 Å². The van der Waals surface area contributed by atoms with E-state index in [2.05, 4.69) is 20.6 Å². The molecule has 2 heterocycles. The van der Waals surface area contributed by atoms with E-state index in [1.165, 1.54) is 0 Å². The second kappa shape index (κ2) is 8.19. The predicted octanol–water partition coefficient (Wildman–Crippen LogP) is 3.38. The van der Waals surface area contributed by atoms with E-state index in [-0.39, 0.29) is 17.9 Å². The van der Waals surface area contributed by atoms with Gasteiger partial charge in [-0.3, -0.25) is 9.59 Å². The molecule has 0 fully saturated rings. The number of imidazole rings is 1. The van der Waals surface area contributed by atoms with Crippen molar-refractivity contribution in [2.24, 2.45) is 0 Å². The van der Waals surface area contributed by atoms with E-state index >= 15 is 0 Å². The van der Waals surface area contributed by atoms with Crippen molar-refractivity contribution in [1.29, 1.82) is 0 Å². The molecule has 136 valence electrons. The molecule has 1 aromatic carbocycles.